The van der Waals surface area contributed by atoms with Gasteiger partial charge in [-0.3, -0.25) is 0 Å². The van der Waals surface area contributed by atoms with Gasteiger partial charge in [0, 0.05) is 11.1 Å². The van der Waals surface area contributed by atoms with Crippen molar-refractivity contribution in [2.45, 2.75) is 60.3 Å². The number of benzene rings is 1. The zero-order valence-corrected chi connectivity index (χ0v) is 21.5. The second-order valence-electron chi connectivity index (χ2n) is 8.97. The number of ether oxygens (including phenoxy) is 2. The van der Waals surface area contributed by atoms with Gasteiger partial charge in [-0.25, -0.2) is 4.99 Å². The first-order valence-electron chi connectivity index (χ1n) is 11.0. The van der Waals surface area contributed by atoms with Gasteiger partial charge in [0.1, 0.15) is 11.1 Å². The van der Waals surface area contributed by atoms with Gasteiger partial charge in [0.25, 0.3) is 0 Å². The van der Waals surface area contributed by atoms with Gasteiger partial charge in [-0.2, -0.15) is 5.26 Å². The highest BCUT2D eigenvalue weighted by molar-refractivity contribution is 9.10. The van der Waals surface area contributed by atoms with Crippen LogP contribution in [-0.2, 0) is 12.8 Å². The molecule has 1 heterocycles. The number of aliphatic imine (C=N–C) groups is 1. The normalized spacial score (nSPS) is 16.2. The second-order valence-corrected chi connectivity index (χ2v) is 10.9. The summed E-state index contributed by atoms with van der Waals surface area (Å²) in [6.07, 6.45) is 5.88. The molecule has 0 aliphatic heterocycles. The van der Waals surface area contributed by atoms with Crippen LogP contribution in [0.1, 0.15) is 69.0 Å². The largest absolute Gasteiger partial charge is 0.490 e. The fraction of sp³-hybridized carbons (Fsp3) is 0.520. The van der Waals surface area contributed by atoms with Gasteiger partial charge >= 0.3 is 0 Å². The van der Waals surface area contributed by atoms with Crippen molar-refractivity contribution in [2.24, 2.45) is 16.3 Å². The van der Waals surface area contributed by atoms with Crippen molar-refractivity contribution in [2.75, 3.05) is 13.2 Å². The van der Waals surface area contributed by atoms with Gasteiger partial charge < -0.3 is 9.47 Å². The highest BCUT2D eigenvalue weighted by Gasteiger charge is 2.32. The van der Waals surface area contributed by atoms with Gasteiger partial charge in [-0.15, -0.1) is 11.3 Å². The smallest absolute Gasteiger partial charge is 0.175 e. The van der Waals surface area contributed by atoms with Crippen molar-refractivity contribution in [3.8, 4) is 17.6 Å². The minimum absolute atomic E-state index is 0.279. The first kappa shape index (κ1) is 23.8. The predicted octanol–water partition coefficient (Wildman–Crippen LogP) is 7.47. The Kier molecular flexibility index (Phi) is 7.82. The number of fused-ring (bicyclic) bond motifs is 1. The van der Waals surface area contributed by atoms with Crippen LogP contribution < -0.4 is 9.47 Å². The van der Waals surface area contributed by atoms with Crippen LogP contribution >= 0.6 is 27.3 Å². The predicted molar refractivity (Wildman–Crippen MR) is 132 cm³/mol. The van der Waals surface area contributed by atoms with Crippen LogP contribution in [0.5, 0.6) is 11.5 Å². The average molecular weight is 504 g/mol. The lowest BCUT2D eigenvalue weighted by molar-refractivity contribution is 0.218. The van der Waals surface area contributed by atoms with Crippen molar-refractivity contribution in [1.29, 1.82) is 5.26 Å². The van der Waals surface area contributed by atoms with Crippen molar-refractivity contribution in [3.63, 3.8) is 0 Å². The summed E-state index contributed by atoms with van der Waals surface area (Å²) in [5.41, 5.74) is 3.14. The van der Waals surface area contributed by atoms with E-state index in [0.29, 0.717) is 24.9 Å². The Labute approximate surface area is 198 Å². The third-order valence-electron chi connectivity index (χ3n) is 5.70. The molecule has 1 aliphatic carbocycles. The van der Waals surface area contributed by atoms with E-state index in [2.05, 4.69) is 49.7 Å². The fourth-order valence-corrected chi connectivity index (χ4v) is 5.72. The molecule has 0 fully saturated rings. The molecule has 1 aliphatic rings. The molecule has 0 saturated carbocycles. The summed E-state index contributed by atoms with van der Waals surface area (Å²) >= 11 is 5.28. The van der Waals surface area contributed by atoms with E-state index in [1.165, 1.54) is 10.4 Å². The molecular formula is C25H31BrN2O2S. The maximum Gasteiger partial charge on any atom is 0.175 e. The van der Waals surface area contributed by atoms with Crippen LogP contribution in [0.25, 0.3) is 0 Å². The quantitative estimate of drug-likeness (QED) is 0.368. The third kappa shape index (κ3) is 5.51. The van der Waals surface area contributed by atoms with Crippen LogP contribution in [0.15, 0.2) is 21.6 Å². The molecule has 166 valence electrons. The van der Waals surface area contributed by atoms with E-state index in [0.717, 1.165) is 52.0 Å². The van der Waals surface area contributed by atoms with E-state index in [9.17, 15) is 5.26 Å². The fourth-order valence-electron chi connectivity index (χ4n) is 3.92. The summed E-state index contributed by atoms with van der Waals surface area (Å²) in [6, 6.07) is 6.33. The van der Waals surface area contributed by atoms with E-state index < -0.39 is 0 Å². The van der Waals surface area contributed by atoms with Crippen LogP contribution in [0.2, 0.25) is 0 Å². The summed E-state index contributed by atoms with van der Waals surface area (Å²) < 4.78 is 12.5. The minimum atomic E-state index is 0.279. The Hall–Kier alpha value is -1.84. The van der Waals surface area contributed by atoms with Gasteiger partial charge in [0.2, 0.25) is 0 Å². The van der Waals surface area contributed by atoms with E-state index in [-0.39, 0.29) is 5.41 Å². The third-order valence-corrected chi connectivity index (χ3v) is 7.45. The molecule has 1 atom stereocenters. The lowest BCUT2D eigenvalue weighted by Crippen LogP contribution is -2.26. The summed E-state index contributed by atoms with van der Waals surface area (Å²) in [5, 5.41) is 10.6. The molecule has 1 aromatic heterocycles. The Morgan fingerprint density at radius 2 is 2.06 bits per heavy atom. The summed E-state index contributed by atoms with van der Waals surface area (Å²) in [7, 11) is 0. The SMILES string of the molecule is CCCOc1c(Br)cc(C=Nc2sc3c(c2C#N)CC[C@@H](C(C)(C)C)C3)cc1OCC. The highest BCUT2D eigenvalue weighted by Crippen LogP contribution is 2.45. The van der Waals surface area contributed by atoms with E-state index in [1.807, 2.05) is 25.3 Å². The first-order chi connectivity index (χ1) is 14.8. The zero-order chi connectivity index (χ0) is 22.6. The van der Waals surface area contributed by atoms with Gasteiger partial charge in [0.05, 0.1) is 23.2 Å². The molecule has 3 rings (SSSR count). The molecule has 6 heteroatoms. The summed E-state index contributed by atoms with van der Waals surface area (Å²) in [6.45, 7) is 12.1. The Morgan fingerprint density at radius 3 is 2.71 bits per heavy atom. The van der Waals surface area contributed by atoms with Crippen molar-refractivity contribution >= 4 is 38.5 Å². The molecule has 0 bridgehead atoms. The van der Waals surface area contributed by atoms with Gasteiger partial charge in [0.15, 0.2) is 11.5 Å². The molecule has 0 amide bonds. The Morgan fingerprint density at radius 1 is 1.29 bits per heavy atom. The number of nitriles is 1. The number of halogens is 1. The Bertz CT molecular complexity index is 998. The van der Waals surface area contributed by atoms with Crippen LogP contribution in [-0.4, -0.2) is 19.4 Å². The molecule has 0 unspecified atom stereocenters. The van der Waals surface area contributed by atoms with Crippen LogP contribution in [0.4, 0.5) is 5.00 Å². The van der Waals surface area contributed by atoms with E-state index in [4.69, 9.17) is 14.5 Å². The van der Waals surface area contributed by atoms with Gasteiger partial charge in [-0.1, -0.05) is 27.7 Å². The Balaban J connectivity index is 1.90. The first-order valence-corrected chi connectivity index (χ1v) is 12.6. The monoisotopic (exact) mass is 502 g/mol. The molecule has 0 N–H and O–H groups in total. The molecule has 1 aromatic carbocycles. The van der Waals surface area contributed by atoms with Crippen molar-refractivity contribution in [3.05, 3.63) is 38.2 Å². The molecule has 31 heavy (non-hydrogen) atoms. The van der Waals surface area contributed by atoms with E-state index >= 15 is 0 Å². The molecule has 4 nitrogen and oxygen atoms in total. The molecular weight excluding hydrogens is 472 g/mol. The van der Waals surface area contributed by atoms with Gasteiger partial charge in [-0.05, 0) is 83.1 Å². The van der Waals surface area contributed by atoms with Crippen LogP contribution in [0, 0.1) is 22.7 Å². The number of nitrogens with zero attached hydrogens (tertiary/aromatic N) is 2. The molecule has 0 spiro atoms. The molecule has 0 saturated heterocycles. The minimum Gasteiger partial charge on any atom is -0.490 e. The molecule has 0 radical (unpaired) electrons. The summed E-state index contributed by atoms with van der Waals surface area (Å²) in [5.74, 6) is 2.06. The molecule has 2 aromatic rings. The zero-order valence-electron chi connectivity index (χ0n) is 19.0. The number of hydrogen-bond acceptors (Lipinski definition) is 5. The lowest BCUT2D eigenvalue weighted by atomic mass is 9.72. The van der Waals surface area contributed by atoms with E-state index in [1.54, 1.807) is 11.3 Å². The summed E-state index contributed by atoms with van der Waals surface area (Å²) in [4.78, 5) is 6.06. The maximum atomic E-state index is 9.80. The number of thiophene rings is 1. The second kappa shape index (κ2) is 10.2. The maximum absolute atomic E-state index is 9.80. The van der Waals surface area contributed by atoms with Crippen molar-refractivity contribution in [1.82, 2.24) is 0 Å². The number of hydrogen-bond donors (Lipinski definition) is 0. The highest BCUT2D eigenvalue weighted by atomic mass is 79.9. The van der Waals surface area contributed by atoms with Crippen LogP contribution in [0.3, 0.4) is 0 Å². The number of rotatable bonds is 7. The average Bonchev–Trinajstić information content (AvgIpc) is 3.08. The topological polar surface area (TPSA) is 54.6 Å². The van der Waals surface area contributed by atoms with Crippen molar-refractivity contribution < 1.29 is 9.47 Å². The lowest BCUT2D eigenvalue weighted by Gasteiger charge is -2.33. The standard InChI is InChI=1S/C25H31BrN2O2S/c1-6-10-30-23-20(26)11-16(12-21(23)29-7-2)15-28-24-19(14-27)18-9-8-17(25(3,4)5)13-22(18)31-24/h11-12,15,17H,6-10,13H2,1-5H3/t17-/m1/s1.